The first-order valence-electron chi connectivity index (χ1n) is 5.91. The van der Waals surface area contributed by atoms with Crippen molar-refractivity contribution in [1.29, 1.82) is 0 Å². The van der Waals surface area contributed by atoms with Crippen molar-refractivity contribution in [2.45, 2.75) is 19.8 Å². The summed E-state index contributed by atoms with van der Waals surface area (Å²) >= 11 is 0. The van der Waals surface area contributed by atoms with E-state index < -0.39 is 12.1 Å². The average Bonchev–Trinajstić information content (AvgIpc) is 2.38. The number of methoxy groups -OCH3 is 1. The molecule has 0 spiro atoms. The highest BCUT2D eigenvalue weighted by Crippen LogP contribution is 2.23. The molecule has 0 saturated carbocycles. The van der Waals surface area contributed by atoms with E-state index in [4.69, 9.17) is 15.2 Å². The lowest BCUT2D eigenvalue weighted by molar-refractivity contribution is 0.0594. The first-order chi connectivity index (χ1) is 9.08. The maximum Gasteiger partial charge on any atom is 0.513 e. The van der Waals surface area contributed by atoms with E-state index in [0.29, 0.717) is 5.69 Å². The van der Waals surface area contributed by atoms with E-state index in [1.165, 1.54) is 25.3 Å². The van der Waals surface area contributed by atoms with Crippen molar-refractivity contribution in [2.75, 3.05) is 19.5 Å². The van der Waals surface area contributed by atoms with Crippen LogP contribution in [0.25, 0.3) is 0 Å². The summed E-state index contributed by atoms with van der Waals surface area (Å²) in [5.74, 6) is -0.593. The number of ether oxygens (including phenoxy) is 3. The van der Waals surface area contributed by atoms with Crippen LogP contribution in [-0.2, 0) is 9.47 Å². The Balaban J connectivity index is 2.78. The number of nitrogen functional groups attached to an aromatic ring is 1. The van der Waals surface area contributed by atoms with Crippen LogP contribution in [0.4, 0.5) is 10.5 Å². The molecule has 104 valence electrons. The van der Waals surface area contributed by atoms with Crippen molar-refractivity contribution < 1.29 is 23.8 Å². The normalized spacial score (nSPS) is 9.79. The number of hydrogen-bond donors (Lipinski definition) is 1. The second-order valence-electron chi connectivity index (χ2n) is 3.80. The second kappa shape index (κ2) is 7.25. The molecule has 6 heteroatoms. The third kappa shape index (κ3) is 4.50. The minimum absolute atomic E-state index is 0.0216. The molecular weight excluding hydrogens is 250 g/mol. The summed E-state index contributed by atoms with van der Waals surface area (Å²) in [6.45, 7) is 2.24. The largest absolute Gasteiger partial charge is 0.513 e. The minimum Gasteiger partial charge on any atom is -0.465 e. The molecule has 0 aliphatic heterocycles. The molecule has 0 amide bonds. The van der Waals surface area contributed by atoms with Crippen molar-refractivity contribution in [2.24, 2.45) is 0 Å². The standard InChI is InChI=1S/C13H17NO5/c1-3-4-7-18-13(16)19-11-8-9(14)5-6-10(11)12(15)17-2/h5-6,8H,3-4,7,14H2,1-2H3. The van der Waals surface area contributed by atoms with Gasteiger partial charge in [0.25, 0.3) is 0 Å². The summed E-state index contributed by atoms with van der Waals surface area (Å²) in [6, 6.07) is 4.31. The molecule has 0 atom stereocenters. The van der Waals surface area contributed by atoms with Gasteiger partial charge in [0.1, 0.15) is 5.56 Å². The van der Waals surface area contributed by atoms with Gasteiger partial charge >= 0.3 is 12.1 Å². The van der Waals surface area contributed by atoms with Gasteiger partial charge in [-0.3, -0.25) is 0 Å². The van der Waals surface area contributed by atoms with Crippen molar-refractivity contribution in [3.05, 3.63) is 23.8 Å². The zero-order valence-corrected chi connectivity index (χ0v) is 11.0. The molecule has 2 N–H and O–H groups in total. The molecule has 0 bridgehead atoms. The van der Waals surface area contributed by atoms with Crippen LogP contribution in [0.1, 0.15) is 30.1 Å². The fraction of sp³-hybridized carbons (Fsp3) is 0.385. The molecule has 0 aliphatic rings. The Morgan fingerprint density at radius 2 is 2.05 bits per heavy atom. The van der Waals surface area contributed by atoms with E-state index in [0.717, 1.165) is 12.8 Å². The Morgan fingerprint density at radius 3 is 2.68 bits per heavy atom. The molecule has 0 aliphatic carbocycles. The first-order valence-corrected chi connectivity index (χ1v) is 5.91. The van der Waals surface area contributed by atoms with Crippen molar-refractivity contribution in [3.63, 3.8) is 0 Å². The molecule has 1 aromatic carbocycles. The summed E-state index contributed by atoms with van der Waals surface area (Å²) in [6.07, 6.45) is 0.777. The molecule has 0 saturated heterocycles. The smallest absolute Gasteiger partial charge is 0.465 e. The van der Waals surface area contributed by atoms with E-state index in [1.807, 2.05) is 6.92 Å². The van der Waals surface area contributed by atoms with Gasteiger partial charge in [0, 0.05) is 11.8 Å². The number of anilines is 1. The highest BCUT2D eigenvalue weighted by molar-refractivity contribution is 5.93. The van der Waals surface area contributed by atoms with Crippen molar-refractivity contribution >= 4 is 17.8 Å². The van der Waals surface area contributed by atoms with E-state index in [-0.39, 0.29) is 17.9 Å². The van der Waals surface area contributed by atoms with Gasteiger partial charge in [-0.25, -0.2) is 9.59 Å². The monoisotopic (exact) mass is 267 g/mol. The molecule has 6 nitrogen and oxygen atoms in total. The molecule has 0 fully saturated rings. The molecule has 19 heavy (non-hydrogen) atoms. The lowest BCUT2D eigenvalue weighted by Crippen LogP contribution is -2.14. The third-order valence-electron chi connectivity index (χ3n) is 2.32. The van der Waals surface area contributed by atoms with Gasteiger partial charge in [-0.05, 0) is 18.6 Å². The van der Waals surface area contributed by atoms with Gasteiger partial charge in [0.05, 0.1) is 13.7 Å². The van der Waals surface area contributed by atoms with Crippen LogP contribution in [-0.4, -0.2) is 25.8 Å². The zero-order chi connectivity index (χ0) is 14.3. The number of benzene rings is 1. The number of carbonyl (C=O) groups is 2. The molecular formula is C13H17NO5. The van der Waals surface area contributed by atoms with Crippen LogP contribution in [0.3, 0.4) is 0 Å². The molecule has 0 radical (unpaired) electrons. The SMILES string of the molecule is CCCCOC(=O)Oc1cc(N)ccc1C(=O)OC. The van der Waals surface area contributed by atoms with Gasteiger partial charge in [-0.15, -0.1) is 0 Å². The lowest BCUT2D eigenvalue weighted by atomic mass is 10.2. The highest BCUT2D eigenvalue weighted by atomic mass is 16.7. The van der Waals surface area contributed by atoms with E-state index >= 15 is 0 Å². The van der Waals surface area contributed by atoms with Gasteiger partial charge in [-0.2, -0.15) is 0 Å². The second-order valence-corrected chi connectivity index (χ2v) is 3.80. The summed E-state index contributed by atoms with van der Waals surface area (Å²) in [5.41, 5.74) is 6.06. The molecule has 1 rings (SSSR count). The fourth-order valence-corrected chi connectivity index (χ4v) is 1.32. The van der Waals surface area contributed by atoms with Crippen molar-refractivity contribution in [1.82, 2.24) is 0 Å². The number of hydrogen-bond acceptors (Lipinski definition) is 6. The van der Waals surface area contributed by atoms with Crippen LogP contribution in [0.15, 0.2) is 18.2 Å². The van der Waals surface area contributed by atoms with Gasteiger partial charge < -0.3 is 19.9 Å². The predicted octanol–water partition coefficient (Wildman–Crippen LogP) is 2.37. The van der Waals surface area contributed by atoms with Crippen LogP contribution in [0, 0.1) is 0 Å². The molecule has 1 aromatic rings. The lowest BCUT2D eigenvalue weighted by Gasteiger charge is -2.09. The zero-order valence-electron chi connectivity index (χ0n) is 11.0. The third-order valence-corrected chi connectivity index (χ3v) is 2.32. The topological polar surface area (TPSA) is 87.9 Å². The van der Waals surface area contributed by atoms with Gasteiger partial charge in [0.15, 0.2) is 5.75 Å². The summed E-state index contributed by atoms with van der Waals surface area (Å²) in [4.78, 5) is 22.9. The average molecular weight is 267 g/mol. The number of esters is 1. The van der Waals surface area contributed by atoms with Crippen LogP contribution in [0.5, 0.6) is 5.75 Å². The minimum atomic E-state index is -0.871. The predicted molar refractivity (Wildman–Crippen MR) is 69.1 cm³/mol. The number of rotatable bonds is 5. The van der Waals surface area contributed by atoms with E-state index in [1.54, 1.807) is 0 Å². The van der Waals surface area contributed by atoms with Crippen LogP contribution < -0.4 is 10.5 Å². The van der Waals surface area contributed by atoms with E-state index in [2.05, 4.69) is 4.74 Å². The number of carbonyl (C=O) groups excluding carboxylic acids is 2. The Morgan fingerprint density at radius 1 is 1.32 bits per heavy atom. The first kappa shape index (κ1) is 14.8. The number of unbranched alkanes of at least 4 members (excludes halogenated alkanes) is 1. The Kier molecular flexibility index (Phi) is 5.66. The number of nitrogens with two attached hydrogens (primary N) is 1. The van der Waals surface area contributed by atoms with E-state index in [9.17, 15) is 9.59 Å². The Hall–Kier alpha value is -2.24. The van der Waals surface area contributed by atoms with Gasteiger partial charge in [0.2, 0.25) is 0 Å². The Bertz CT molecular complexity index is 458. The maximum absolute atomic E-state index is 11.5. The highest BCUT2D eigenvalue weighted by Gasteiger charge is 2.16. The van der Waals surface area contributed by atoms with Crippen LogP contribution >= 0.6 is 0 Å². The Labute approximate surface area is 111 Å². The summed E-state index contributed by atoms with van der Waals surface area (Å²) in [5, 5.41) is 0. The fourth-order valence-electron chi connectivity index (χ4n) is 1.32. The van der Waals surface area contributed by atoms with Gasteiger partial charge in [-0.1, -0.05) is 13.3 Å². The quantitative estimate of drug-likeness (QED) is 0.381. The molecule has 0 heterocycles. The summed E-state index contributed by atoms with van der Waals surface area (Å²) < 4.78 is 14.4. The van der Waals surface area contributed by atoms with Crippen LogP contribution in [0.2, 0.25) is 0 Å². The molecule has 0 unspecified atom stereocenters. The maximum atomic E-state index is 11.5. The van der Waals surface area contributed by atoms with Crippen molar-refractivity contribution in [3.8, 4) is 5.75 Å². The molecule has 0 aromatic heterocycles. The summed E-state index contributed by atoms with van der Waals surface area (Å²) in [7, 11) is 1.24.